The van der Waals surface area contributed by atoms with E-state index in [4.69, 9.17) is 16.6 Å². The van der Waals surface area contributed by atoms with E-state index in [9.17, 15) is 14.0 Å². The fourth-order valence-electron chi connectivity index (χ4n) is 4.00. The minimum Gasteiger partial charge on any atom is -0.345 e. The number of aromatic amines is 2. The minimum atomic E-state index is -0.439. The molecule has 3 N–H and O–H groups in total. The number of hydrogen-bond acceptors (Lipinski definition) is 4. The van der Waals surface area contributed by atoms with Crippen LogP contribution in [0.4, 0.5) is 4.39 Å². The van der Waals surface area contributed by atoms with Gasteiger partial charge >= 0.3 is 5.69 Å². The summed E-state index contributed by atoms with van der Waals surface area (Å²) in [6.45, 7) is 0.0660. The highest BCUT2D eigenvalue weighted by Crippen LogP contribution is 2.38. The Kier molecular flexibility index (Phi) is 5.07. The number of allylic oxidation sites excluding steroid dienone is 1. The van der Waals surface area contributed by atoms with Crippen LogP contribution < -0.4 is 11.0 Å². The summed E-state index contributed by atoms with van der Waals surface area (Å²) in [5, 5.41) is 9.94. The molecule has 7 nitrogen and oxygen atoms in total. The molecule has 0 spiro atoms. The maximum absolute atomic E-state index is 14.4. The molecule has 1 aliphatic carbocycles. The lowest BCUT2D eigenvalue weighted by atomic mass is 10.00. The zero-order chi connectivity index (χ0) is 22.2. The average molecular weight is 450 g/mol. The largest absolute Gasteiger partial charge is 0.345 e. The monoisotopic (exact) mass is 449 g/mol. The first-order chi connectivity index (χ1) is 15.5. The van der Waals surface area contributed by atoms with Gasteiger partial charge < -0.3 is 5.32 Å². The van der Waals surface area contributed by atoms with Gasteiger partial charge in [0.1, 0.15) is 11.6 Å². The first kappa shape index (κ1) is 20.1. The highest BCUT2D eigenvalue weighted by molar-refractivity contribution is 6.32. The van der Waals surface area contributed by atoms with Gasteiger partial charge in [0, 0.05) is 10.9 Å². The maximum atomic E-state index is 14.4. The van der Waals surface area contributed by atoms with Crippen molar-refractivity contribution < 1.29 is 9.18 Å². The van der Waals surface area contributed by atoms with Crippen LogP contribution in [-0.4, -0.2) is 26.1 Å². The SMILES string of the molecule is O=C(NCc1n[nH]c(=O)[nH]1)c1c2c(nc3ccccc13)/C(=C/c1c(F)cccc1Cl)CC2. The fourth-order valence-corrected chi connectivity index (χ4v) is 4.22. The van der Waals surface area contributed by atoms with Crippen LogP contribution in [0.1, 0.15) is 39.4 Å². The van der Waals surface area contributed by atoms with E-state index in [1.807, 2.05) is 24.3 Å². The number of halogens is 2. The molecular formula is C23H17ClFN5O2. The van der Waals surface area contributed by atoms with E-state index >= 15 is 0 Å². The first-order valence-corrected chi connectivity index (χ1v) is 10.4. The standard InChI is InChI=1S/C23H17ClFN5O2/c24-16-5-3-6-17(25)15(16)10-12-8-9-14-20(13-4-1-2-7-18(13)27-21(12)14)22(31)26-11-19-28-23(32)30-29-19/h1-7,10H,8-9,11H2,(H,26,31)(H2,28,29,30,32)/b12-10+. The molecule has 160 valence electrons. The molecule has 2 aromatic carbocycles. The van der Waals surface area contributed by atoms with Crippen molar-refractivity contribution >= 4 is 40.1 Å². The molecule has 2 aromatic heterocycles. The van der Waals surface area contributed by atoms with Crippen molar-refractivity contribution in [1.29, 1.82) is 0 Å². The summed E-state index contributed by atoms with van der Waals surface area (Å²) in [6, 6.07) is 11.9. The van der Waals surface area contributed by atoms with Crippen LogP contribution in [0, 0.1) is 5.82 Å². The molecule has 0 unspecified atom stereocenters. The number of amides is 1. The predicted molar refractivity (Wildman–Crippen MR) is 120 cm³/mol. The molecule has 1 aliphatic rings. The maximum Gasteiger partial charge on any atom is 0.340 e. The quantitative estimate of drug-likeness (QED) is 0.440. The Labute approximate surface area is 186 Å². The Morgan fingerprint density at radius 3 is 2.81 bits per heavy atom. The molecular weight excluding hydrogens is 433 g/mol. The number of aromatic nitrogens is 4. The lowest BCUT2D eigenvalue weighted by molar-refractivity contribution is 0.0950. The molecule has 0 saturated carbocycles. The number of nitrogens with zero attached hydrogens (tertiary/aromatic N) is 2. The van der Waals surface area contributed by atoms with E-state index in [1.54, 1.807) is 18.2 Å². The van der Waals surface area contributed by atoms with Crippen LogP contribution in [0.5, 0.6) is 0 Å². The van der Waals surface area contributed by atoms with Gasteiger partial charge in [-0.25, -0.2) is 19.3 Å². The van der Waals surface area contributed by atoms with E-state index in [0.29, 0.717) is 46.0 Å². The Balaban J connectivity index is 1.59. The van der Waals surface area contributed by atoms with Crippen molar-refractivity contribution in [3.63, 3.8) is 0 Å². The third-order valence-corrected chi connectivity index (χ3v) is 5.78. The van der Waals surface area contributed by atoms with Crippen LogP contribution >= 0.6 is 11.6 Å². The van der Waals surface area contributed by atoms with E-state index in [-0.39, 0.29) is 12.5 Å². The predicted octanol–water partition coefficient (Wildman–Crippen LogP) is 3.86. The van der Waals surface area contributed by atoms with Crippen LogP contribution in [0.25, 0.3) is 22.6 Å². The number of hydrogen-bond donors (Lipinski definition) is 3. The van der Waals surface area contributed by atoms with Crippen LogP contribution in [0.3, 0.4) is 0 Å². The molecule has 2 heterocycles. The van der Waals surface area contributed by atoms with Gasteiger partial charge in [-0.2, -0.15) is 5.10 Å². The molecule has 5 rings (SSSR count). The summed E-state index contributed by atoms with van der Waals surface area (Å²) < 4.78 is 14.4. The number of benzene rings is 2. The Bertz CT molecular complexity index is 1440. The fraction of sp³-hybridized carbons (Fsp3) is 0.130. The zero-order valence-electron chi connectivity index (χ0n) is 16.7. The van der Waals surface area contributed by atoms with Crippen molar-refractivity contribution in [3.8, 4) is 0 Å². The second-order valence-corrected chi connectivity index (χ2v) is 7.85. The summed E-state index contributed by atoms with van der Waals surface area (Å²) in [5.74, 6) is -0.382. The molecule has 0 saturated heterocycles. The van der Waals surface area contributed by atoms with Gasteiger partial charge in [0.15, 0.2) is 0 Å². The van der Waals surface area contributed by atoms with E-state index in [0.717, 1.165) is 16.5 Å². The molecule has 1 amide bonds. The van der Waals surface area contributed by atoms with Crippen molar-refractivity contribution in [2.45, 2.75) is 19.4 Å². The minimum absolute atomic E-state index is 0.0660. The number of pyridine rings is 1. The second-order valence-electron chi connectivity index (χ2n) is 7.44. The van der Waals surface area contributed by atoms with E-state index in [2.05, 4.69) is 20.5 Å². The zero-order valence-corrected chi connectivity index (χ0v) is 17.5. The van der Waals surface area contributed by atoms with Crippen LogP contribution in [-0.2, 0) is 13.0 Å². The summed E-state index contributed by atoms with van der Waals surface area (Å²) in [4.78, 5) is 31.7. The highest BCUT2D eigenvalue weighted by Gasteiger charge is 2.27. The topological polar surface area (TPSA) is 104 Å². The Hall–Kier alpha value is -3.78. The number of carbonyl (C=O) groups is 1. The van der Waals surface area contributed by atoms with E-state index < -0.39 is 11.5 Å². The number of para-hydroxylation sites is 1. The molecule has 0 atom stereocenters. The summed E-state index contributed by atoms with van der Waals surface area (Å²) >= 11 is 6.21. The second kappa shape index (κ2) is 8.05. The first-order valence-electron chi connectivity index (χ1n) is 9.99. The third kappa shape index (κ3) is 3.58. The number of carbonyl (C=O) groups excluding carboxylic acids is 1. The Morgan fingerprint density at radius 1 is 1.19 bits per heavy atom. The summed E-state index contributed by atoms with van der Waals surface area (Å²) in [7, 11) is 0. The number of H-pyrrole nitrogens is 2. The van der Waals surface area contributed by atoms with E-state index in [1.165, 1.54) is 6.07 Å². The van der Waals surface area contributed by atoms with Gasteiger partial charge in [-0.15, -0.1) is 0 Å². The number of fused-ring (bicyclic) bond motifs is 2. The van der Waals surface area contributed by atoms with Gasteiger partial charge in [-0.05, 0) is 48.3 Å². The summed E-state index contributed by atoms with van der Waals surface area (Å²) in [6.07, 6.45) is 2.91. The highest BCUT2D eigenvalue weighted by atomic mass is 35.5. The normalized spacial score (nSPS) is 14.1. The van der Waals surface area contributed by atoms with Crippen LogP contribution in [0.2, 0.25) is 5.02 Å². The third-order valence-electron chi connectivity index (χ3n) is 5.45. The average Bonchev–Trinajstić information content (AvgIpc) is 3.38. The van der Waals surface area contributed by atoms with Gasteiger partial charge in [0.05, 0.1) is 28.3 Å². The molecule has 0 aliphatic heterocycles. The van der Waals surface area contributed by atoms with Crippen molar-refractivity contribution in [1.82, 2.24) is 25.5 Å². The number of nitrogens with one attached hydrogen (secondary N) is 3. The van der Waals surface area contributed by atoms with Crippen molar-refractivity contribution in [2.24, 2.45) is 0 Å². The van der Waals surface area contributed by atoms with Gasteiger partial charge in [-0.3, -0.25) is 9.78 Å². The molecule has 0 bridgehead atoms. The van der Waals surface area contributed by atoms with Crippen LogP contribution in [0.15, 0.2) is 47.3 Å². The Morgan fingerprint density at radius 2 is 2.03 bits per heavy atom. The number of rotatable bonds is 4. The smallest absolute Gasteiger partial charge is 0.340 e. The van der Waals surface area contributed by atoms with Gasteiger partial charge in [-0.1, -0.05) is 35.9 Å². The summed E-state index contributed by atoms with van der Waals surface area (Å²) in [5.41, 5.74) is 3.34. The molecule has 0 radical (unpaired) electrons. The molecule has 4 aromatic rings. The molecule has 32 heavy (non-hydrogen) atoms. The van der Waals surface area contributed by atoms with Gasteiger partial charge in [0.25, 0.3) is 5.91 Å². The lowest BCUT2D eigenvalue weighted by Crippen LogP contribution is -2.25. The molecule has 9 heteroatoms. The van der Waals surface area contributed by atoms with Crippen molar-refractivity contribution in [2.75, 3.05) is 0 Å². The van der Waals surface area contributed by atoms with Gasteiger partial charge in [0.2, 0.25) is 0 Å². The van der Waals surface area contributed by atoms with Crippen molar-refractivity contribution in [3.05, 3.63) is 92.0 Å². The lowest BCUT2D eigenvalue weighted by Gasteiger charge is -2.12. The molecule has 0 fully saturated rings.